The Morgan fingerprint density at radius 2 is 1.41 bits per heavy atom. The van der Waals surface area contributed by atoms with Crippen molar-refractivity contribution in [3.05, 3.63) is 71.8 Å². The van der Waals surface area contributed by atoms with Crippen molar-refractivity contribution in [2.45, 2.75) is 62.8 Å². The highest BCUT2D eigenvalue weighted by Gasteiger charge is 2.43. The van der Waals surface area contributed by atoms with E-state index >= 15 is 0 Å². The molecule has 2 fully saturated rings. The highest BCUT2D eigenvalue weighted by atomic mass is 16.7. The Kier molecular flexibility index (Phi) is 6.31. The highest BCUT2D eigenvalue weighted by Crippen LogP contribution is 2.34. The van der Waals surface area contributed by atoms with E-state index < -0.39 is 11.6 Å². The van der Waals surface area contributed by atoms with Gasteiger partial charge in [0.15, 0.2) is 6.10 Å². The van der Waals surface area contributed by atoms with Crippen LogP contribution in [-0.4, -0.2) is 36.5 Å². The van der Waals surface area contributed by atoms with Gasteiger partial charge in [0.25, 0.3) is 0 Å². The van der Waals surface area contributed by atoms with Crippen molar-refractivity contribution in [3.8, 4) is 0 Å². The molecule has 1 aliphatic heterocycles. The lowest BCUT2D eigenvalue weighted by atomic mass is 9.86. The number of aliphatic hydroxyl groups is 1. The first kappa shape index (κ1) is 20.1. The SMILES string of the molecule is O=C(OC1CCCCC([O+]2CCCC2)C1)C(O)(c1ccccc1)c1ccccc1. The van der Waals surface area contributed by atoms with Crippen molar-refractivity contribution in [2.75, 3.05) is 13.2 Å². The minimum absolute atomic E-state index is 0.165. The summed E-state index contributed by atoms with van der Waals surface area (Å²) in [5.41, 5.74) is -0.726. The molecule has 4 rings (SSSR count). The lowest BCUT2D eigenvalue weighted by Crippen LogP contribution is -2.41. The first-order valence-electron chi connectivity index (χ1n) is 10.9. The number of carbonyl (C=O) groups is 1. The van der Waals surface area contributed by atoms with Crippen LogP contribution in [0.4, 0.5) is 0 Å². The molecule has 1 saturated carbocycles. The van der Waals surface area contributed by atoms with E-state index in [1.807, 2.05) is 36.4 Å². The Balaban J connectivity index is 1.56. The van der Waals surface area contributed by atoms with Crippen LogP contribution in [0, 0.1) is 0 Å². The predicted molar refractivity (Wildman–Crippen MR) is 113 cm³/mol. The van der Waals surface area contributed by atoms with E-state index in [0.29, 0.717) is 17.2 Å². The summed E-state index contributed by atoms with van der Waals surface area (Å²) >= 11 is 0. The van der Waals surface area contributed by atoms with Gasteiger partial charge in [0.05, 0.1) is 6.42 Å². The molecule has 1 aliphatic carbocycles. The third-order valence-electron chi connectivity index (χ3n) is 6.31. The van der Waals surface area contributed by atoms with Gasteiger partial charge in [-0.25, -0.2) is 4.79 Å². The van der Waals surface area contributed by atoms with Gasteiger partial charge in [-0.15, -0.1) is 0 Å². The molecule has 0 spiro atoms. The van der Waals surface area contributed by atoms with Crippen molar-refractivity contribution < 1.29 is 19.0 Å². The number of rotatable bonds is 5. The van der Waals surface area contributed by atoms with E-state index in [0.717, 1.165) is 45.3 Å². The van der Waals surface area contributed by atoms with Gasteiger partial charge in [-0.3, -0.25) is 0 Å². The maximum atomic E-state index is 13.4. The molecule has 0 bridgehead atoms. The Labute approximate surface area is 173 Å². The fraction of sp³-hybridized carbons (Fsp3) is 0.480. The van der Waals surface area contributed by atoms with E-state index in [1.54, 1.807) is 24.3 Å². The summed E-state index contributed by atoms with van der Waals surface area (Å²) in [6, 6.07) is 18.2. The molecule has 1 N–H and O–H groups in total. The molecule has 29 heavy (non-hydrogen) atoms. The van der Waals surface area contributed by atoms with Gasteiger partial charge in [0, 0.05) is 19.3 Å². The molecule has 4 nitrogen and oxygen atoms in total. The minimum Gasteiger partial charge on any atom is -0.459 e. The average Bonchev–Trinajstić information content (AvgIpc) is 3.21. The van der Waals surface area contributed by atoms with E-state index in [4.69, 9.17) is 4.74 Å². The normalized spacial score (nSPS) is 23.5. The van der Waals surface area contributed by atoms with Gasteiger partial charge in [-0.1, -0.05) is 60.7 Å². The summed E-state index contributed by atoms with van der Waals surface area (Å²) in [4.78, 5) is 13.4. The van der Waals surface area contributed by atoms with Crippen LogP contribution in [0.1, 0.15) is 56.1 Å². The molecular weight excluding hydrogens is 364 g/mol. The van der Waals surface area contributed by atoms with Crippen molar-refractivity contribution in [2.24, 2.45) is 0 Å². The highest BCUT2D eigenvalue weighted by molar-refractivity contribution is 5.85. The molecule has 2 unspecified atom stereocenters. The number of hydrogen-bond donors (Lipinski definition) is 1. The van der Waals surface area contributed by atoms with Crippen molar-refractivity contribution in [1.29, 1.82) is 0 Å². The predicted octanol–water partition coefficient (Wildman–Crippen LogP) is 4.51. The quantitative estimate of drug-likeness (QED) is 0.460. The van der Waals surface area contributed by atoms with Crippen LogP contribution in [0.25, 0.3) is 0 Å². The maximum absolute atomic E-state index is 13.4. The van der Waals surface area contributed by atoms with Crippen LogP contribution >= 0.6 is 0 Å². The fourth-order valence-corrected chi connectivity index (χ4v) is 4.69. The van der Waals surface area contributed by atoms with Gasteiger partial charge in [-0.2, -0.15) is 0 Å². The monoisotopic (exact) mass is 395 g/mol. The molecule has 4 heteroatoms. The van der Waals surface area contributed by atoms with Crippen molar-refractivity contribution in [3.63, 3.8) is 0 Å². The third-order valence-corrected chi connectivity index (χ3v) is 6.31. The first-order chi connectivity index (χ1) is 14.2. The number of benzene rings is 2. The second kappa shape index (κ2) is 9.10. The summed E-state index contributed by atoms with van der Waals surface area (Å²) in [5, 5.41) is 11.6. The third kappa shape index (κ3) is 4.39. The number of hydrogen-bond acceptors (Lipinski definition) is 3. The van der Waals surface area contributed by atoms with E-state index in [-0.39, 0.29) is 6.10 Å². The first-order valence-corrected chi connectivity index (χ1v) is 10.9. The zero-order valence-electron chi connectivity index (χ0n) is 17.0. The van der Waals surface area contributed by atoms with Crippen LogP contribution in [-0.2, 0) is 19.5 Å². The Morgan fingerprint density at radius 3 is 2.00 bits per heavy atom. The van der Waals surface area contributed by atoms with Gasteiger partial charge in [-0.05, 0) is 30.4 Å². The standard InChI is InChI=1S/C25H31O4/c26-24(28-22-15-7-8-16-23(19-22)29-17-9-10-18-29)25(27,20-11-3-1-4-12-20)21-13-5-2-6-14-21/h1-6,11-14,22-23,27H,7-10,15-19H2/q+1. The van der Waals surface area contributed by atoms with Crippen LogP contribution in [0.15, 0.2) is 60.7 Å². The number of carbonyl (C=O) groups excluding carboxylic acids is 1. The van der Waals surface area contributed by atoms with Gasteiger partial charge in [0.2, 0.25) is 5.60 Å². The van der Waals surface area contributed by atoms with Crippen LogP contribution in [0.3, 0.4) is 0 Å². The molecule has 1 heterocycles. The lowest BCUT2D eigenvalue weighted by Gasteiger charge is -2.30. The zero-order chi connectivity index (χ0) is 20.1. The molecule has 1 saturated heterocycles. The molecule has 2 aromatic rings. The molecule has 2 atom stereocenters. The molecule has 2 aliphatic rings. The van der Waals surface area contributed by atoms with E-state index in [1.165, 1.54) is 12.8 Å². The van der Waals surface area contributed by atoms with Crippen LogP contribution in [0.5, 0.6) is 0 Å². The van der Waals surface area contributed by atoms with Crippen LogP contribution in [0.2, 0.25) is 0 Å². The van der Waals surface area contributed by atoms with Crippen molar-refractivity contribution >= 4 is 5.97 Å². The van der Waals surface area contributed by atoms with E-state index in [9.17, 15) is 9.90 Å². The van der Waals surface area contributed by atoms with Gasteiger partial charge < -0.3 is 14.2 Å². The number of ether oxygens (including phenoxy) is 1. The van der Waals surface area contributed by atoms with Gasteiger partial charge >= 0.3 is 5.97 Å². The zero-order valence-corrected chi connectivity index (χ0v) is 17.0. The second-order valence-corrected chi connectivity index (χ2v) is 8.26. The summed E-state index contributed by atoms with van der Waals surface area (Å²) in [7, 11) is 0. The topological polar surface area (TPSA) is 49.2 Å². The second-order valence-electron chi connectivity index (χ2n) is 8.26. The molecule has 154 valence electrons. The number of esters is 1. The molecule has 0 aromatic heterocycles. The summed E-state index contributed by atoms with van der Waals surface area (Å²) in [6.45, 7) is 2.15. The summed E-state index contributed by atoms with van der Waals surface area (Å²) in [6.07, 6.45) is 7.73. The van der Waals surface area contributed by atoms with Crippen LogP contribution < -0.4 is 0 Å². The molecule has 0 amide bonds. The Morgan fingerprint density at radius 1 is 0.862 bits per heavy atom. The Hall–Kier alpha value is -2.17. The van der Waals surface area contributed by atoms with E-state index in [2.05, 4.69) is 4.37 Å². The smallest absolute Gasteiger partial charge is 0.347 e. The Bertz CT molecular complexity index is 743. The summed E-state index contributed by atoms with van der Waals surface area (Å²) < 4.78 is 9.46. The summed E-state index contributed by atoms with van der Waals surface area (Å²) in [5.74, 6) is -0.577. The van der Waals surface area contributed by atoms with Crippen molar-refractivity contribution in [1.82, 2.24) is 0 Å². The largest absolute Gasteiger partial charge is 0.459 e. The molecular formula is C25H31O4+. The fourth-order valence-electron chi connectivity index (χ4n) is 4.69. The lowest BCUT2D eigenvalue weighted by molar-refractivity contribution is -0.186. The minimum atomic E-state index is -1.80. The molecule has 0 radical (unpaired) electrons. The molecule has 2 aromatic carbocycles. The average molecular weight is 396 g/mol. The van der Waals surface area contributed by atoms with Gasteiger partial charge in [0.1, 0.15) is 19.3 Å². The maximum Gasteiger partial charge on any atom is 0.347 e.